The Morgan fingerprint density at radius 3 is 2.75 bits per heavy atom. The Hall–Kier alpha value is -0.670. The predicted octanol–water partition coefficient (Wildman–Crippen LogP) is -1.54. The van der Waals surface area contributed by atoms with Gasteiger partial charge in [-0.3, -0.25) is 14.3 Å². The number of aromatic nitrogens is 2. The molecule has 1 aromatic rings. The Morgan fingerprint density at radius 2 is 2.12 bits per heavy atom. The molecule has 9 nitrogen and oxygen atoms in total. The van der Waals surface area contributed by atoms with E-state index in [1.54, 1.807) is 0 Å². The summed E-state index contributed by atoms with van der Waals surface area (Å²) in [6.45, 7) is 0.0949. The second-order valence-corrected chi connectivity index (χ2v) is 10.7. The summed E-state index contributed by atoms with van der Waals surface area (Å²) < 4.78 is 11.9. The van der Waals surface area contributed by atoms with Gasteiger partial charge in [-0.15, -0.1) is 0 Å². The summed E-state index contributed by atoms with van der Waals surface area (Å²) in [6, 6.07) is 0. The van der Waals surface area contributed by atoms with Gasteiger partial charge in [-0.05, 0) is 0 Å². The highest BCUT2D eigenvalue weighted by molar-refractivity contribution is 8.41. The van der Waals surface area contributed by atoms with Crippen molar-refractivity contribution in [3.05, 3.63) is 32.6 Å². The molecule has 1 aliphatic rings. The first-order chi connectivity index (χ1) is 11.3. The van der Waals surface area contributed by atoms with Gasteiger partial charge in [0.15, 0.2) is 6.23 Å². The summed E-state index contributed by atoms with van der Waals surface area (Å²) in [5, 5.41) is 20.2. The van der Waals surface area contributed by atoms with Crippen molar-refractivity contribution in [2.75, 3.05) is 13.2 Å². The van der Waals surface area contributed by atoms with Gasteiger partial charge in [-0.25, -0.2) is 4.79 Å². The van der Waals surface area contributed by atoms with Gasteiger partial charge in [0, 0.05) is 6.20 Å². The molecule has 12 heteroatoms. The van der Waals surface area contributed by atoms with Crippen LogP contribution in [-0.2, 0) is 9.26 Å². The predicted molar refractivity (Wildman–Crippen MR) is 95.5 cm³/mol. The van der Waals surface area contributed by atoms with Crippen molar-refractivity contribution >= 4 is 25.4 Å². The fourth-order valence-corrected chi connectivity index (χ4v) is 3.00. The number of aliphatic hydroxyl groups is 2. The van der Waals surface area contributed by atoms with Crippen LogP contribution in [-0.4, -0.2) is 51.2 Å². The van der Waals surface area contributed by atoms with Gasteiger partial charge in [-0.1, -0.05) is 29.7 Å². The lowest BCUT2D eigenvalue weighted by Gasteiger charge is -2.17. The van der Waals surface area contributed by atoms with Crippen molar-refractivity contribution in [2.45, 2.75) is 24.5 Å². The normalized spacial score (nSPS) is 26.4. The van der Waals surface area contributed by atoms with Gasteiger partial charge in [0.25, 0.3) is 5.56 Å². The Kier molecular flexibility index (Phi) is 7.06. The van der Waals surface area contributed by atoms with Crippen LogP contribution in [0.4, 0.5) is 0 Å². The zero-order chi connectivity index (χ0) is 17.9. The zero-order valence-corrected chi connectivity index (χ0v) is 15.7. The number of nitrogens with two attached hydrogens (primary N) is 1. The molecule has 6 atom stereocenters. The molecule has 5 N–H and O–H groups in total. The lowest BCUT2D eigenvalue weighted by molar-refractivity contribution is -0.0501. The average molecular weight is 393 g/mol. The van der Waals surface area contributed by atoms with Gasteiger partial charge < -0.3 is 25.2 Å². The summed E-state index contributed by atoms with van der Waals surface area (Å²) in [7, 11) is 4.09. The monoisotopic (exact) mass is 393 g/mol. The third-order valence-corrected chi connectivity index (χ3v) is 4.63. The quantitative estimate of drug-likeness (QED) is 0.359. The van der Waals surface area contributed by atoms with Crippen molar-refractivity contribution in [2.24, 2.45) is 5.73 Å². The van der Waals surface area contributed by atoms with Gasteiger partial charge in [0.05, 0.1) is 20.7 Å². The summed E-state index contributed by atoms with van der Waals surface area (Å²) in [5.41, 5.74) is 3.82. The summed E-state index contributed by atoms with van der Waals surface area (Å²) >= 11 is 0. The van der Waals surface area contributed by atoms with E-state index in [1.165, 1.54) is 6.20 Å². The maximum atomic E-state index is 12.0. The van der Waals surface area contributed by atoms with Crippen molar-refractivity contribution in [3.8, 4) is 11.8 Å². The fraction of sp³-hybridized carbons (Fsp3) is 0.500. The highest BCUT2D eigenvalue weighted by atomic mass is 32.4. The highest BCUT2D eigenvalue weighted by Gasteiger charge is 2.44. The van der Waals surface area contributed by atoms with E-state index in [0.29, 0.717) is 0 Å². The molecule has 1 aromatic heterocycles. The molecule has 1 aliphatic heterocycles. The fourth-order valence-electron chi connectivity index (χ4n) is 2.17. The Morgan fingerprint density at radius 1 is 1.42 bits per heavy atom. The number of hydrogen-bond acceptors (Lipinski definition) is 7. The third kappa shape index (κ3) is 4.49. The van der Waals surface area contributed by atoms with E-state index >= 15 is 0 Å². The number of ether oxygens (including phenoxy) is 1. The number of aromatic amines is 1. The molecule has 132 valence electrons. The molecule has 0 saturated carbocycles. The molecule has 2 heterocycles. The second-order valence-electron chi connectivity index (χ2n) is 4.92. The highest BCUT2D eigenvalue weighted by Crippen LogP contribution is 2.53. The summed E-state index contributed by atoms with van der Waals surface area (Å²) in [6.07, 6.45) is -3.41. The minimum Gasteiger partial charge on any atom is -0.387 e. The van der Waals surface area contributed by atoms with E-state index < -0.39 is 43.3 Å². The molecule has 1 fully saturated rings. The van der Waals surface area contributed by atoms with Crippen LogP contribution in [0.5, 0.6) is 0 Å². The molecule has 0 radical (unpaired) electrons. The van der Waals surface area contributed by atoms with Crippen molar-refractivity contribution in [1.29, 1.82) is 0 Å². The molecule has 1 saturated heterocycles. The smallest absolute Gasteiger partial charge is 0.330 e. The Labute approximate surface area is 143 Å². The number of rotatable bonds is 4. The minimum atomic E-state index is -1.36. The lowest BCUT2D eigenvalue weighted by atomic mass is 10.1. The standard InChI is InChI=1S/C12H18N3O6P3/c13-3-1-2-6-4-15(12(19)14-10(6)18)11-9(17)8(16)7(21-11)5-20-24(22)23/h4,7-9,11,16-17H,3,5,13,22-23H2,(H,14,18,19). The van der Waals surface area contributed by atoms with Crippen molar-refractivity contribution in [3.63, 3.8) is 0 Å². The van der Waals surface area contributed by atoms with E-state index in [2.05, 4.69) is 34.7 Å². The second kappa shape index (κ2) is 8.62. The number of hydrogen-bond donors (Lipinski definition) is 4. The van der Waals surface area contributed by atoms with Crippen molar-refractivity contribution < 1.29 is 19.5 Å². The Bertz CT molecular complexity index is 755. The molecular formula is C12H18N3O6P3. The van der Waals surface area contributed by atoms with Crippen LogP contribution in [0.2, 0.25) is 0 Å². The van der Waals surface area contributed by atoms with Gasteiger partial charge in [-0.2, -0.15) is 0 Å². The summed E-state index contributed by atoms with van der Waals surface area (Å²) in [4.78, 5) is 25.8. The molecule has 0 aliphatic carbocycles. The van der Waals surface area contributed by atoms with E-state index in [1.807, 2.05) is 0 Å². The molecule has 2 rings (SSSR count). The Balaban J connectivity index is 2.31. The van der Waals surface area contributed by atoms with Gasteiger partial charge >= 0.3 is 5.69 Å². The van der Waals surface area contributed by atoms with Crippen LogP contribution in [0.3, 0.4) is 0 Å². The molecule has 0 spiro atoms. The summed E-state index contributed by atoms with van der Waals surface area (Å²) in [5.74, 6) is 5.05. The molecule has 24 heavy (non-hydrogen) atoms. The molecular weight excluding hydrogens is 375 g/mol. The molecule has 6 unspecified atom stereocenters. The van der Waals surface area contributed by atoms with Crippen LogP contribution >= 0.6 is 25.4 Å². The van der Waals surface area contributed by atoms with Crippen LogP contribution < -0.4 is 17.0 Å². The average Bonchev–Trinajstić information content (AvgIpc) is 2.80. The third-order valence-electron chi connectivity index (χ3n) is 3.29. The van der Waals surface area contributed by atoms with Crippen LogP contribution in [0.1, 0.15) is 11.8 Å². The number of nitrogens with one attached hydrogen (secondary N) is 1. The molecule has 0 bridgehead atoms. The molecule has 0 amide bonds. The van der Waals surface area contributed by atoms with Crippen LogP contribution in [0.15, 0.2) is 15.8 Å². The first-order valence-corrected chi connectivity index (χ1v) is 11.3. The van der Waals surface area contributed by atoms with E-state index in [-0.39, 0.29) is 18.7 Å². The van der Waals surface area contributed by atoms with E-state index in [4.69, 9.17) is 15.0 Å². The van der Waals surface area contributed by atoms with E-state index in [0.717, 1.165) is 4.57 Å². The maximum absolute atomic E-state index is 12.0. The first-order valence-electron chi connectivity index (χ1n) is 6.83. The zero-order valence-electron chi connectivity index (χ0n) is 12.5. The van der Waals surface area contributed by atoms with Gasteiger partial charge in [0.2, 0.25) is 0 Å². The number of aliphatic hydroxyl groups excluding tert-OH is 2. The van der Waals surface area contributed by atoms with Gasteiger partial charge in [0.1, 0.15) is 23.9 Å². The molecule has 0 aromatic carbocycles. The maximum Gasteiger partial charge on any atom is 0.330 e. The first kappa shape index (κ1) is 19.7. The van der Waals surface area contributed by atoms with Crippen LogP contribution in [0.25, 0.3) is 0 Å². The largest absolute Gasteiger partial charge is 0.387 e. The topological polar surface area (TPSA) is 140 Å². The number of nitrogens with zero attached hydrogens (tertiary/aromatic N) is 1. The SMILES string of the molecule is NCC#Cc1cn(C2OC(COP(P)P)C(O)C2O)c(=O)[nH]c1=O. The van der Waals surface area contributed by atoms with Crippen molar-refractivity contribution in [1.82, 2.24) is 9.55 Å². The van der Waals surface area contributed by atoms with E-state index in [9.17, 15) is 19.8 Å². The lowest BCUT2D eigenvalue weighted by Crippen LogP contribution is -2.38. The minimum absolute atomic E-state index is 0.00322. The number of H-pyrrole nitrogens is 1. The van der Waals surface area contributed by atoms with Crippen LogP contribution in [0, 0.1) is 11.8 Å².